The summed E-state index contributed by atoms with van der Waals surface area (Å²) in [7, 11) is 0. The second kappa shape index (κ2) is 15.2. The lowest BCUT2D eigenvalue weighted by molar-refractivity contribution is -0.130. The van der Waals surface area contributed by atoms with E-state index in [4.69, 9.17) is 16.6 Å². The normalized spacial score (nSPS) is 18.1. The molecule has 2 heterocycles. The summed E-state index contributed by atoms with van der Waals surface area (Å²) in [6, 6.07) is 5.50. The second-order valence-corrected chi connectivity index (χ2v) is 13.3. The number of ketones is 2. The van der Waals surface area contributed by atoms with E-state index in [1.165, 1.54) is 56.3 Å². The molecule has 1 aliphatic carbocycles. The van der Waals surface area contributed by atoms with Crippen LogP contribution in [0.2, 0.25) is 5.02 Å². The van der Waals surface area contributed by atoms with E-state index in [1.807, 2.05) is 25.1 Å². The molecule has 2 aromatic rings. The molecule has 2 atom stereocenters. The number of rotatable bonds is 15. The molecule has 0 bridgehead atoms. The maximum atomic E-state index is 13.7. The van der Waals surface area contributed by atoms with Gasteiger partial charge in [0.25, 0.3) is 0 Å². The van der Waals surface area contributed by atoms with Crippen LogP contribution in [0.5, 0.6) is 0 Å². The number of nitrogens with zero attached hydrogens (tertiary/aromatic N) is 2. The Kier molecular flexibility index (Phi) is 11.7. The maximum absolute atomic E-state index is 13.7. The Labute approximate surface area is 247 Å². The van der Waals surface area contributed by atoms with E-state index in [-0.39, 0.29) is 29.9 Å². The van der Waals surface area contributed by atoms with Crippen LogP contribution >= 0.6 is 22.9 Å². The molecule has 1 saturated heterocycles. The Hall–Kier alpha value is -2.09. The van der Waals surface area contributed by atoms with E-state index < -0.39 is 5.92 Å². The van der Waals surface area contributed by atoms with E-state index in [9.17, 15) is 14.4 Å². The molecular formula is C32H44ClN3O3S. The van der Waals surface area contributed by atoms with Gasteiger partial charge in [0.15, 0.2) is 5.78 Å². The summed E-state index contributed by atoms with van der Waals surface area (Å²) in [6.07, 6.45) is 11.3. The highest BCUT2D eigenvalue weighted by atomic mass is 35.5. The minimum absolute atomic E-state index is 0.0709. The SMILES string of the molecule is C=C(CN1CCCC1)C(=O)CC[C@H](CC1CCCCC1)NC(=O)[C@@H](CC(=O)CC)Cc1nc2ccc(Cl)cc2s1. The minimum atomic E-state index is -0.488. The third kappa shape index (κ3) is 9.22. The number of benzene rings is 1. The molecule has 218 valence electrons. The van der Waals surface area contributed by atoms with Gasteiger partial charge in [-0.05, 0) is 62.9 Å². The topological polar surface area (TPSA) is 79.4 Å². The molecule has 1 aliphatic heterocycles. The Morgan fingerprint density at radius 1 is 1.15 bits per heavy atom. The van der Waals surface area contributed by atoms with Gasteiger partial charge < -0.3 is 5.32 Å². The van der Waals surface area contributed by atoms with Crippen LogP contribution in [0.15, 0.2) is 30.4 Å². The highest BCUT2D eigenvalue weighted by Gasteiger charge is 2.28. The predicted octanol–water partition coefficient (Wildman–Crippen LogP) is 6.93. The standard InChI is InChI=1S/C32H44ClN3O3S/c1-3-27(37)18-24(19-31-35-28-13-11-25(33)20-30(28)40-31)32(39)34-26(17-23-9-5-4-6-10-23)12-14-29(38)22(2)21-36-15-7-8-16-36/h11,13,20,23-24,26H,2-10,12,14-19,21H2,1H3,(H,34,39)/t24-,26+/m0/s1. The minimum Gasteiger partial charge on any atom is -0.353 e. The maximum Gasteiger partial charge on any atom is 0.224 e. The number of halogens is 1. The van der Waals surface area contributed by atoms with Crippen LogP contribution < -0.4 is 5.32 Å². The summed E-state index contributed by atoms with van der Waals surface area (Å²) in [5, 5.41) is 4.78. The highest BCUT2D eigenvalue weighted by Crippen LogP contribution is 2.30. The average molecular weight is 586 g/mol. The first kappa shape index (κ1) is 30.9. The molecule has 0 unspecified atom stereocenters. The number of hydrogen-bond acceptors (Lipinski definition) is 6. The van der Waals surface area contributed by atoms with Crippen LogP contribution in [0.1, 0.15) is 89.0 Å². The average Bonchev–Trinajstić information content (AvgIpc) is 3.60. The molecule has 1 saturated carbocycles. The third-order valence-electron chi connectivity index (χ3n) is 8.47. The lowest BCUT2D eigenvalue weighted by Gasteiger charge is -2.28. The van der Waals surface area contributed by atoms with Crippen molar-refractivity contribution in [2.45, 2.75) is 96.4 Å². The molecule has 1 N–H and O–H groups in total. The molecule has 1 amide bonds. The predicted molar refractivity (Wildman–Crippen MR) is 164 cm³/mol. The number of nitrogens with one attached hydrogen (secondary N) is 1. The van der Waals surface area contributed by atoms with Gasteiger partial charge in [-0.1, -0.05) is 57.2 Å². The van der Waals surface area contributed by atoms with Gasteiger partial charge in [-0.2, -0.15) is 0 Å². The zero-order valence-corrected chi connectivity index (χ0v) is 25.5. The van der Waals surface area contributed by atoms with Crippen molar-refractivity contribution in [1.82, 2.24) is 15.2 Å². The number of fused-ring (bicyclic) bond motifs is 1. The number of Topliss-reactive ketones (excluding diaryl/α,β-unsaturated/α-hetero) is 2. The zero-order chi connectivity index (χ0) is 28.5. The van der Waals surface area contributed by atoms with E-state index >= 15 is 0 Å². The number of thiazole rings is 1. The first-order chi connectivity index (χ1) is 19.3. The van der Waals surface area contributed by atoms with Crippen LogP contribution in [0.25, 0.3) is 10.2 Å². The van der Waals surface area contributed by atoms with E-state index in [0.29, 0.717) is 48.7 Å². The van der Waals surface area contributed by atoms with Gasteiger partial charge in [-0.15, -0.1) is 11.3 Å². The highest BCUT2D eigenvalue weighted by molar-refractivity contribution is 7.18. The van der Waals surface area contributed by atoms with Crippen molar-refractivity contribution in [3.8, 4) is 0 Å². The monoisotopic (exact) mass is 585 g/mol. The van der Waals surface area contributed by atoms with Crippen LogP contribution in [-0.4, -0.2) is 53.0 Å². The van der Waals surface area contributed by atoms with Gasteiger partial charge in [0.2, 0.25) is 5.91 Å². The van der Waals surface area contributed by atoms with Gasteiger partial charge in [0, 0.05) is 48.9 Å². The summed E-state index contributed by atoms with van der Waals surface area (Å²) < 4.78 is 0.978. The second-order valence-electron chi connectivity index (χ2n) is 11.7. The molecule has 2 aliphatic rings. The molecule has 6 nitrogen and oxygen atoms in total. The summed E-state index contributed by atoms with van der Waals surface area (Å²) in [6.45, 7) is 8.63. The van der Waals surface area contributed by atoms with E-state index in [0.717, 1.165) is 34.7 Å². The van der Waals surface area contributed by atoms with Crippen LogP contribution in [0.4, 0.5) is 0 Å². The largest absolute Gasteiger partial charge is 0.353 e. The quantitative estimate of drug-likeness (QED) is 0.229. The van der Waals surface area contributed by atoms with E-state index in [2.05, 4.69) is 16.8 Å². The molecule has 1 aromatic heterocycles. The van der Waals surface area contributed by atoms with Crippen molar-refractivity contribution in [3.05, 3.63) is 40.4 Å². The fourth-order valence-electron chi connectivity index (χ4n) is 6.10. The number of likely N-dealkylation sites (tertiary alicyclic amines) is 1. The number of amides is 1. The lowest BCUT2D eigenvalue weighted by Crippen LogP contribution is -2.41. The van der Waals surface area contributed by atoms with Crippen molar-refractivity contribution in [2.75, 3.05) is 19.6 Å². The summed E-state index contributed by atoms with van der Waals surface area (Å²) in [5.74, 6) is 0.135. The lowest BCUT2D eigenvalue weighted by atomic mass is 9.83. The van der Waals surface area contributed by atoms with Crippen LogP contribution in [0, 0.1) is 11.8 Å². The van der Waals surface area contributed by atoms with Gasteiger partial charge in [0.1, 0.15) is 5.78 Å². The Morgan fingerprint density at radius 2 is 1.90 bits per heavy atom. The Morgan fingerprint density at radius 3 is 2.62 bits per heavy atom. The van der Waals surface area contributed by atoms with Crippen molar-refractivity contribution in [1.29, 1.82) is 0 Å². The smallest absolute Gasteiger partial charge is 0.224 e. The number of aromatic nitrogens is 1. The summed E-state index contributed by atoms with van der Waals surface area (Å²) >= 11 is 7.69. The zero-order valence-electron chi connectivity index (χ0n) is 23.9. The first-order valence-electron chi connectivity index (χ1n) is 15.1. The van der Waals surface area contributed by atoms with Crippen molar-refractivity contribution in [3.63, 3.8) is 0 Å². The van der Waals surface area contributed by atoms with Gasteiger partial charge in [-0.25, -0.2) is 4.98 Å². The molecular weight excluding hydrogens is 542 g/mol. The third-order valence-corrected chi connectivity index (χ3v) is 9.75. The fraction of sp³-hybridized carbons (Fsp3) is 0.625. The van der Waals surface area contributed by atoms with Crippen LogP contribution in [0.3, 0.4) is 0 Å². The van der Waals surface area contributed by atoms with Gasteiger partial charge in [-0.3, -0.25) is 19.3 Å². The molecule has 1 aromatic carbocycles. The molecule has 0 spiro atoms. The number of carbonyl (C=O) groups is 3. The summed E-state index contributed by atoms with van der Waals surface area (Å²) in [4.78, 5) is 46.2. The molecule has 8 heteroatoms. The van der Waals surface area contributed by atoms with Crippen molar-refractivity contribution < 1.29 is 14.4 Å². The summed E-state index contributed by atoms with van der Waals surface area (Å²) in [5.41, 5.74) is 1.53. The van der Waals surface area contributed by atoms with Gasteiger partial charge in [0.05, 0.1) is 21.1 Å². The molecule has 4 rings (SSSR count). The fourth-order valence-corrected chi connectivity index (χ4v) is 7.42. The molecule has 0 radical (unpaired) electrons. The van der Waals surface area contributed by atoms with Gasteiger partial charge >= 0.3 is 0 Å². The Balaban J connectivity index is 1.42. The number of hydrogen-bond donors (Lipinski definition) is 1. The van der Waals surface area contributed by atoms with Crippen LogP contribution in [-0.2, 0) is 20.8 Å². The molecule has 2 fully saturated rings. The Bertz CT molecular complexity index is 1180. The molecule has 40 heavy (non-hydrogen) atoms. The van der Waals surface area contributed by atoms with Crippen molar-refractivity contribution in [2.24, 2.45) is 11.8 Å². The van der Waals surface area contributed by atoms with Crippen molar-refractivity contribution >= 4 is 50.6 Å². The first-order valence-corrected chi connectivity index (χ1v) is 16.3. The number of carbonyl (C=O) groups excluding carboxylic acids is 3. The van der Waals surface area contributed by atoms with E-state index in [1.54, 1.807) is 0 Å².